The van der Waals surface area contributed by atoms with Gasteiger partial charge in [-0.2, -0.15) is 0 Å². The predicted molar refractivity (Wildman–Crippen MR) is 52.9 cm³/mol. The van der Waals surface area contributed by atoms with Crippen LogP contribution in [0.3, 0.4) is 0 Å². The Balaban J connectivity index is 0.000000354. The Morgan fingerprint density at radius 2 is 1.83 bits per heavy atom. The van der Waals surface area contributed by atoms with E-state index in [9.17, 15) is 0 Å². The number of rotatable bonds is 2. The van der Waals surface area contributed by atoms with Gasteiger partial charge in [0.1, 0.15) is 0 Å². The van der Waals surface area contributed by atoms with Crippen LogP contribution in [0.2, 0.25) is 0 Å². The summed E-state index contributed by atoms with van der Waals surface area (Å²) in [6.45, 7) is 3.66. The maximum absolute atomic E-state index is 8.57. The van der Waals surface area contributed by atoms with E-state index in [0.717, 1.165) is 6.42 Å². The fourth-order valence-electron chi connectivity index (χ4n) is 0.781. The minimum Gasteiger partial charge on any atom is -0.285 e. The fraction of sp³-hybridized carbons (Fsp3) is 0.100. The van der Waals surface area contributed by atoms with Crippen molar-refractivity contribution >= 4 is 17.3 Å². The number of allylic oxidation sites excluding steroid dienone is 1. The molecule has 0 aromatic heterocycles. The minimum atomic E-state index is 0.222. The SMILES string of the molecule is C=CCc1ccccc1.O=CCl. The second-order valence-electron chi connectivity index (χ2n) is 2.07. The van der Waals surface area contributed by atoms with Crippen LogP contribution in [0.5, 0.6) is 0 Å². The van der Waals surface area contributed by atoms with Gasteiger partial charge in [-0.1, -0.05) is 36.4 Å². The number of halogens is 1. The highest BCUT2D eigenvalue weighted by Gasteiger charge is 1.82. The zero-order chi connectivity index (χ0) is 9.23. The molecule has 1 nitrogen and oxygen atoms in total. The molecule has 0 N–H and O–H groups in total. The fourth-order valence-corrected chi connectivity index (χ4v) is 0.781. The molecular formula is C10H11ClO. The van der Waals surface area contributed by atoms with E-state index >= 15 is 0 Å². The Hall–Kier alpha value is -1.08. The van der Waals surface area contributed by atoms with Gasteiger partial charge in [0.2, 0.25) is 5.75 Å². The van der Waals surface area contributed by atoms with E-state index in [1.54, 1.807) is 0 Å². The first kappa shape index (κ1) is 10.9. The van der Waals surface area contributed by atoms with Gasteiger partial charge in [-0.05, 0) is 23.6 Å². The summed E-state index contributed by atoms with van der Waals surface area (Å²) in [7, 11) is 0. The molecule has 0 spiro atoms. The molecule has 0 unspecified atom stereocenters. The van der Waals surface area contributed by atoms with Crippen molar-refractivity contribution in [2.24, 2.45) is 0 Å². The molecule has 0 bridgehead atoms. The average Bonchev–Trinajstić information content (AvgIpc) is 2.08. The van der Waals surface area contributed by atoms with E-state index in [1.165, 1.54) is 5.56 Å². The van der Waals surface area contributed by atoms with E-state index in [0.29, 0.717) is 0 Å². The first-order chi connectivity index (χ1) is 5.85. The summed E-state index contributed by atoms with van der Waals surface area (Å²) in [6, 6.07) is 10.3. The molecule has 12 heavy (non-hydrogen) atoms. The Bertz CT molecular complexity index is 219. The van der Waals surface area contributed by atoms with E-state index in [1.807, 2.05) is 24.3 Å². The van der Waals surface area contributed by atoms with Crippen molar-refractivity contribution in [3.05, 3.63) is 48.6 Å². The molecule has 0 saturated heterocycles. The first-order valence-corrected chi connectivity index (χ1v) is 3.97. The minimum absolute atomic E-state index is 0.222. The summed E-state index contributed by atoms with van der Waals surface area (Å²) in [5.41, 5.74) is 1.33. The molecule has 0 fully saturated rings. The largest absolute Gasteiger partial charge is 0.285 e. The molecule has 0 radical (unpaired) electrons. The Kier molecular flexibility index (Phi) is 7.30. The molecule has 0 heterocycles. The Morgan fingerprint density at radius 1 is 1.33 bits per heavy atom. The van der Waals surface area contributed by atoms with Crippen LogP contribution in [-0.4, -0.2) is 5.75 Å². The molecule has 1 aromatic rings. The normalized spacial score (nSPS) is 7.75. The molecular weight excluding hydrogens is 172 g/mol. The summed E-state index contributed by atoms with van der Waals surface area (Å²) in [4.78, 5) is 8.57. The van der Waals surface area contributed by atoms with E-state index < -0.39 is 0 Å². The van der Waals surface area contributed by atoms with Crippen LogP contribution in [0.15, 0.2) is 43.0 Å². The quantitative estimate of drug-likeness (QED) is 0.391. The van der Waals surface area contributed by atoms with Crippen molar-refractivity contribution in [1.82, 2.24) is 0 Å². The third kappa shape index (κ3) is 5.69. The van der Waals surface area contributed by atoms with E-state index in [2.05, 4.69) is 30.3 Å². The highest BCUT2D eigenvalue weighted by atomic mass is 35.5. The van der Waals surface area contributed by atoms with Crippen molar-refractivity contribution in [2.45, 2.75) is 6.42 Å². The molecule has 0 amide bonds. The molecule has 0 atom stereocenters. The standard InChI is InChI=1S/C9H10.CHClO/c1-2-6-9-7-4-3-5-8-9;2-1-3/h2-5,7-8H,1,6H2;1H. The van der Waals surface area contributed by atoms with Gasteiger partial charge in [0.15, 0.2) is 0 Å². The van der Waals surface area contributed by atoms with Gasteiger partial charge in [0.25, 0.3) is 0 Å². The monoisotopic (exact) mass is 182 g/mol. The number of hydrogen-bond donors (Lipinski definition) is 0. The summed E-state index contributed by atoms with van der Waals surface area (Å²) in [5, 5.41) is 0. The van der Waals surface area contributed by atoms with Crippen LogP contribution in [0.4, 0.5) is 0 Å². The van der Waals surface area contributed by atoms with Gasteiger partial charge in [0.05, 0.1) is 0 Å². The second kappa shape index (κ2) is 8.02. The van der Waals surface area contributed by atoms with Crippen LogP contribution >= 0.6 is 11.6 Å². The van der Waals surface area contributed by atoms with Crippen LogP contribution in [0.1, 0.15) is 5.56 Å². The Morgan fingerprint density at radius 3 is 2.25 bits per heavy atom. The highest BCUT2D eigenvalue weighted by molar-refractivity contribution is 6.54. The van der Waals surface area contributed by atoms with Crippen molar-refractivity contribution in [2.75, 3.05) is 0 Å². The number of hydrogen-bond acceptors (Lipinski definition) is 1. The van der Waals surface area contributed by atoms with Gasteiger partial charge in [-0.25, -0.2) is 0 Å². The van der Waals surface area contributed by atoms with Gasteiger partial charge >= 0.3 is 0 Å². The lowest BCUT2D eigenvalue weighted by atomic mass is 10.2. The summed E-state index contributed by atoms with van der Waals surface area (Å²) in [6.07, 6.45) is 2.89. The lowest BCUT2D eigenvalue weighted by Gasteiger charge is -1.91. The maximum atomic E-state index is 8.57. The number of carbonyl (C=O) groups excluding carboxylic acids is 1. The lowest BCUT2D eigenvalue weighted by molar-refractivity contribution is 0.569. The van der Waals surface area contributed by atoms with Crippen molar-refractivity contribution in [1.29, 1.82) is 0 Å². The molecule has 0 aliphatic heterocycles. The van der Waals surface area contributed by atoms with E-state index in [-0.39, 0.29) is 5.75 Å². The van der Waals surface area contributed by atoms with Gasteiger partial charge in [0, 0.05) is 0 Å². The average molecular weight is 183 g/mol. The van der Waals surface area contributed by atoms with Gasteiger partial charge in [-0.15, -0.1) is 6.58 Å². The van der Waals surface area contributed by atoms with Crippen molar-refractivity contribution in [3.63, 3.8) is 0 Å². The number of benzene rings is 1. The zero-order valence-corrected chi connectivity index (χ0v) is 7.50. The molecule has 0 aliphatic rings. The molecule has 2 heteroatoms. The smallest absolute Gasteiger partial charge is 0.208 e. The van der Waals surface area contributed by atoms with Crippen LogP contribution in [-0.2, 0) is 11.2 Å². The zero-order valence-electron chi connectivity index (χ0n) is 6.74. The van der Waals surface area contributed by atoms with Crippen molar-refractivity contribution < 1.29 is 4.79 Å². The summed E-state index contributed by atoms with van der Waals surface area (Å²) < 4.78 is 0. The second-order valence-corrected chi connectivity index (χ2v) is 2.25. The molecule has 1 aromatic carbocycles. The third-order valence-electron chi connectivity index (χ3n) is 1.22. The van der Waals surface area contributed by atoms with Crippen LogP contribution in [0.25, 0.3) is 0 Å². The van der Waals surface area contributed by atoms with E-state index in [4.69, 9.17) is 4.79 Å². The topological polar surface area (TPSA) is 17.1 Å². The van der Waals surface area contributed by atoms with Crippen molar-refractivity contribution in [3.8, 4) is 0 Å². The van der Waals surface area contributed by atoms with Crippen LogP contribution < -0.4 is 0 Å². The third-order valence-corrected chi connectivity index (χ3v) is 1.22. The molecule has 1 rings (SSSR count). The first-order valence-electron chi connectivity index (χ1n) is 3.53. The molecule has 64 valence electrons. The molecule has 0 saturated carbocycles. The maximum Gasteiger partial charge on any atom is 0.208 e. The van der Waals surface area contributed by atoms with Crippen LogP contribution in [0, 0.1) is 0 Å². The van der Waals surface area contributed by atoms with Gasteiger partial charge in [-0.3, -0.25) is 4.79 Å². The summed E-state index contributed by atoms with van der Waals surface area (Å²) in [5.74, 6) is 0.222. The highest BCUT2D eigenvalue weighted by Crippen LogP contribution is 1.98. The predicted octanol–water partition coefficient (Wildman–Crippen LogP) is 2.83. The molecule has 0 aliphatic carbocycles. The van der Waals surface area contributed by atoms with Gasteiger partial charge < -0.3 is 0 Å². The number of carbonyl (C=O) groups is 1. The Labute approximate surface area is 77.7 Å². The lowest BCUT2D eigenvalue weighted by Crippen LogP contribution is -1.75. The summed E-state index contributed by atoms with van der Waals surface area (Å²) >= 11 is 4.32.